The average molecular weight is 273 g/mol. The first-order valence-corrected chi connectivity index (χ1v) is 6.53. The van der Waals surface area contributed by atoms with Gasteiger partial charge in [-0.1, -0.05) is 12.1 Å². The van der Waals surface area contributed by atoms with Crippen LogP contribution in [0.1, 0.15) is 19.4 Å². The van der Waals surface area contributed by atoms with Crippen LogP contribution in [0.5, 0.6) is 11.6 Å². The SMILES string of the molecule is COc1cc(NCc2cccc(OC(C)C)c2)ncn1. The lowest BCUT2D eigenvalue weighted by Gasteiger charge is -2.11. The predicted molar refractivity (Wildman–Crippen MR) is 78.1 cm³/mol. The van der Waals surface area contributed by atoms with Gasteiger partial charge in [0.05, 0.1) is 13.2 Å². The number of nitrogens with zero attached hydrogens (tertiary/aromatic N) is 2. The van der Waals surface area contributed by atoms with Crippen LogP contribution < -0.4 is 14.8 Å². The Bertz CT molecular complexity index is 558. The quantitative estimate of drug-likeness (QED) is 0.877. The molecule has 1 N–H and O–H groups in total. The number of ether oxygens (including phenoxy) is 2. The van der Waals surface area contributed by atoms with Crippen molar-refractivity contribution in [2.45, 2.75) is 26.5 Å². The number of aromatic nitrogens is 2. The van der Waals surface area contributed by atoms with E-state index in [2.05, 4.69) is 15.3 Å². The van der Waals surface area contributed by atoms with Crippen molar-refractivity contribution in [2.24, 2.45) is 0 Å². The highest BCUT2D eigenvalue weighted by molar-refractivity contribution is 5.39. The Morgan fingerprint density at radius 2 is 2.05 bits per heavy atom. The molecule has 0 aliphatic heterocycles. The van der Waals surface area contributed by atoms with E-state index in [1.165, 1.54) is 6.33 Å². The molecule has 0 radical (unpaired) electrons. The van der Waals surface area contributed by atoms with Crippen molar-refractivity contribution in [1.29, 1.82) is 0 Å². The van der Waals surface area contributed by atoms with Crippen LogP contribution in [0, 0.1) is 0 Å². The molecule has 20 heavy (non-hydrogen) atoms. The minimum Gasteiger partial charge on any atom is -0.491 e. The van der Waals surface area contributed by atoms with Crippen LogP contribution >= 0.6 is 0 Å². The van der Waals surface area contributed by atoms with E-state index in [9.17, 15) is 0 Å². The standard InChI is InChI=1S/C15H19N3O2/c1-11(2)20-13-6-4-5-12(7-13)9-16-14-8-15(19-3)18-10-17-14/h4-8,10-11H,9H2,1-3H3,(H,16,17,18). The Labute approximate surface area is 119 Å². The molecular formula is C15H19N3O2. The molecule has 0 bridgehead atoms. The van der Waals surface area contributed by atoms with Gasteiger partial charge in [0, 0.05) is 12.6 Å². The fraction of sp³-hybridized carbons (Fsp3) is 0.333. The van der Waals surface area contributed by atoms with E-state index < -0.39 is 0 Å². The molecule has 2 rings (SSSR count). The Kier molecular flexibility index (Phi) is 4.76. The molecule has 0 saturated heterocycles. The average Bonchev–Trinajstić information content (AvgIpc) is 2.45. The Morgan fingerprint density at radius 1 is 1.20 bits per heavy atom. The number of rotatable bonds is 6. The summed E-state index contributed by atoms with van der Waals surface area (Å²) in [6.45, 7) is 4.69. The van der Waals surface area contributed by atoms with Crippen LogP contribution in [0.15, 0.2) is 36.7 Å². The number of hydrogen-bond donors (Lipinski definition) is 1. The van der Waals surface area contributed by atoms with Gasteiger partial charge < -0.3 is 14.8 Å². The summed E-state index contributed by atoms with van der Waals surface area (Å²) in [6.07, 6.45) is 1.64. The third-order valence-corrected chi connectivity index (χ3v) is 2.59. The Morgan fingerprint density at radius 3 is 2.80 bits per heavy atom. The van der Waals surface area contributed by atoms with Crippen LogP contribution in [0.25, 0.3) is 0 Å². The highest BCUT2D eigenvalue weighted by atomic mass is 16.5. The van der Waals surface area contributed by atoms with Gasteiger partial charge in [0.2, 0.25) is 5.88 Å². The van der Waals surface area contributed by atoms with Crippen molar-refractivity contribution in [3.8, 4) is 11.6 Å². The summed E-state index contributed by atoms with van der Waals surface area (Å²) in [5, 5.41) is 3.23. The van der Waals surface area contributed by atoms with Crippen molar-refractivity contribution in [3.05, 3.63) is 42.2 Å². The maximum atomic E-state index is 5.67. The van der Waals surface area contributed by atoms with Crippen molar-refractivity contribution < 1.29 is 9.47 Å². The highest BCUT2D eigenvalue weighted by Crippen LogP contribution is 2.16. The summed E-state index contributed by atoms with van der Waals surface area (Å²) in [4.78, 5) is 8.11. The van der Waals surface area contributed by atoms with Crippen molar-refractivity contribution in [2.75, 3.05) is 12.4 Å². The highest BCUT2D eigenvalue weighted by Gasteiger charge is 2.01. The Balaban J connectivity index is 1.99. The number of nitrogens with one attached hydrogen (secondary N) is 1. The van der Waals surface area contributed by atoms with Crippen LogP contribution in [-0.4, -0.2) is 23.2 Å². The normalized spacial score (nSPS) is 10.4. The molecule has 5 heteroatoms. The molecule has 1 aromatic heterocycles. The van der Waals surface area contributed by atoms with E-state index in [-0.39, 0.29) is 6.10 Å². The number of methoxy groups -OCH3 is 1. The molecule has 0 aliphatic carbocycles. The first-order valence-electron chi connectivity index (χ1n) is 6.53. The molecule has 5 nitrogen and oxygen atoms in total. The van der Waals surface area contributed by atoms with E-state index >= 15 is 0 Å². The summed E-state index contributed by atoms with van der Waals surface area (Å²) in [7, 11) is 1.58. The van der Waals surface area contributed by atoms with Crippen LogP contribution in [-0.2, 0) is 6.54 Å². The monoisotopic (exact) mass is 273 g/mol. The van der Waals surface area contributed by atoms with E-state index in [4.69, 9.17) is 9.47 Å². The fourth-order valence-corrected chi connectivity index (χ4v) is 1.74. The molecule has 0 amide bonds. The first-order chi connectivity index (χ1) is 9.67. The number of anilines is 1. The van der Waals surface area contributed by atoms with Gasteiger partial charge in [-0.15, -0.1) is 0 Å². The lowest BCUT2D eigenvalue weighted by Crippen LogP contribution is -2.06. The fourth-order valence-electron chi connectivity index (χ4n) is 1.74. The van der Waals surface area contributed by atoms with Crippen LogP contribution in [0.2, 0.25) is 0 Å². The van der Waals surface area contributed by atoms with Gasteiger partial charge in [-0.3, -0.25) is 0 Å². The van der Waals surface area contributed by atoms with E-state index in [1.54, 1.807) is 13.2 Å². The zero-order valence-corrected chi connectivity index (χ0v) is 12.0. The van der Waals surface area contributed by atoms with Gasteiger partial charge in [0.1, 0.15) is 17.9 Å². The molecule has 0 spiro atoms. The van der Waals surface area contributed by atoms with Crippen LogP contribution in [0.3, 0.4) is 0 Å². The molecular weight excluding hydrogens is 254 g/mol. The molecule has 0 unspecified atom stereocenters. The summed E-state index contributed by atoms with van der Waals surface area (Å²) < 4.78 is 10.7. The molecule has 0 atom stereocenters. The van der Waals surface area contributed by atoms with Crippen molar-refractivity contribution >= 4 is 5.82 Å². The van der Waals surface area contributed by atoms with Crippen LogP contribution in [0.4, 0.5) is 5.82 Å². The summed E-state index contributed by atoms with van der Waals surface area (Å²) in [5.74, 6) is 2.14. The molecule has 0 aliphatic rings. The molecule has 2 aromatic rings. The summed E-state index contributed by atoms with van der Waals surface area (Å²) in [5.41, 5.74) is 1.13. The molecule has 0 fully saturated rings. The van der Waals surface area contributed by atoms with Crippen molar-refractivity contribution in [3.63, 3.8) is 0 Å². The summed E-state index contributed by atoms with van der Waals surface area (Å²) in [6, 6.07) is 9.75. The van der Waals surface area contributed by atoms with Gasteiger partial charge in [-0.25, -0.2) is 9.97 Å². The topological polar surface area (TPSA) is 56.3 Å². The van der Waals surface area contributed by atoms with Gasteiger partial charge in [0.25, 0.3) is 0 Å². The molecule has 1 heterocycles. The second-order valence-electron chi connectivity index (χ2n) is 4.61. The molecule has 106 valence electrons. The second kappa shape index (κ2) is 6.75. The zero-order chi connectivity index (χ0) is 14.4. The lowest BCUT2D eigenvalue weighted by atomic mass is 10.2. The Hall–Kier alpha value is -2.30. The van der Waals surface area contributed by atoms with Crippen molar-refractivity contribution in [1.82, 2.24) is 9.97 Å². The van der Waals surface area contributed by atoms with Gasteiger partial charge in [0.15, 0.2) is 0 Å². The smallest absolute Gasteiger partial charge is 0.218 e. The third kappa shape index (κ3) is 4.12. The predicted octanol–water partition coefficient (Wildman–Crippen LogP) is 2.88. The first kappa shape index (κ1) is 14.1. The minimum atomic E-state index is 0.171. The largest absolute Gasteiger partial charge is 0.491 e. The second-order valence-corrected chi connectivity index (χ2v) is 4.61. The third-order valence-electron chi connectivity index (χ3n) is 2.59. The van der Waals surface area contributed by atoms with E-state index in [1.807, 2.05) is 38.1 Å². The minimum absolute atomic E-state index is 0.171. The number of benzene rings is 1. The molecule has 0 saturated carbocycles. The molecule has 1 aromatic carbocycles. The van der Waals surface area contributed by atoms with E-state index in [0.717, 1.165) is 17.1 Å². The lowest BCUT2D eigenvalue weighted by molar-refractivity contribution is 0.242. The zero-order valence-electron chi connectivity index (χ0n) is 12.0. The number of hydrogen-bond acceptors (Lipinski definition) is 5. The van der Waals surface area contributed by atoms with Gasteiger partial charge in [-0.2, -0.15) is 0 Å². The summed E-state index contributed by atoms with van der Waals surface area (Å²) >= 11 is 0. The van der Waals surface area contributed by atoms with Gasteiger partial charge in [-0.05, 0) is 31.5 Å². The maximum absolute atomic E-state index is 5.67. The van der Waals surface area contributed by atoms with E-state index in [0.29, 0.717) is 12.4 Å². The van der Waals surface area contributed by atoms with Gasteiger partial charge >= 0.3 is 0 Å². The maximum Gasteiger partial charge on any atom is 0.218 e.